The average Bonchev–Trinajstić information content (AvgIpc) is 3.03. The first-order chi connectivity index (χ1) is 9.13. The summed E-state index contributed by atoms with van der Waals surface area (Å²) in [4.78, 5) is 14.4. The predicted octanol–water partition coefficient (Wildman–Crippen LogP) is 2.67. The van der Waals surface area contributed by atoms with Crippen LogP contribution in [0.4, 0.5) is 0 Å². The van der Waals surface area contributed by atoms with Crippen LogP contribution < -0.4 is 5.73 Å². The molecule has 2 aromatic rings. The number of amides is 1. The molecule has 1 unspecified atom stereocenters. The molecular weight excluding hydrogens is 276 g/mol. The molecule has 0 radical (unpaired) electrons. The second-order valence-electron chi connectivity index (χ2n) is 5.64. The van der Waals surface area contributed by atoms with Gasteiger partial charge in [-0.2, -0.15) is 0 Å². The fourth-order valence-corrected chi connectivity index (χ4v) is 2.68. The third kappa shape index (κ3) is 2.41. The number of nitrogens with two attached hydrogens (primary N) is 1. The number of hydrogen-bond donors (Lipinski definition) is 1. The summed E-state index contributed by atoms with van der Waals surface area (Å²) in [7, 11) is 0. The number of fused-ring (bicyclic) bond motifs is 1. The standard InChI is InChI=1S/C15H18N2O2.ClH/c1-15(9-16)6-7-17(10-15)14(18)12-8-19-13-5-3-2-4-11(12)13;/h2-5,8H,6-7,9-10,16H2,1H3;1H. The van der Waals surface area contributed by atoms with Crippen LogP contribution in [0.3, 0.4) is 0 Å². The Morgan fingerprint density at radius 3 is 2.90 bits per heavy atom. The number of rotatable bonds is 2. The lowest BCUT2D eigenvalue weighted by molar-refractivity contribution is 0.0778. The van der Waals surface area contributed by atoms with Gasteiger partial charge in [0.15, 0.2) is 0 Å². The fraction of sp³-hybridized carbons (Fsp3) is 0.400. The predicted molar refractivity (Wildman–Crippen MR) is 81.1 cm³/mol. The van der Waals surface area contributed by atoms with Crippen LogP contribution in [-0.4, -0.2) is 30.4 Å². The number of halogens is 1. The van der Waals surface area contributed by atoms with Gasteiger partial charge in [0.1, 0.15) is 11.8 Å². The molecular formula is C15H19ClN2O2. The van der Waals surface area contributed by atoms with Crippen LogP contribution in [0.2, 0.25) is 0 Å². The first kappa shape index (κ1) is 14.9. The molecule has 1 saturated heterocycles. The van der Waals surface area contributed by atoms with E-state index in [2.05, 4.69) is 6.92 Å². The van der Waals surface area contributed by atoms with Gasteiger partial charge in [-0.25, -0.2) is 0 Å². The van der Waals surface area contributed by atoms with Gasteiger partial charge in [-0.3, -0.25) is 4.79 Å². The maximum Gasteiger partial charge on any atom is 0.257 e. The summed E-state index contributed by atoms with van der Waals surface area (Å²) < 4.78 is 5.44. The van der Waals surface area contributed by atoms with Crippen molar-refractivity contribution in [3.05, 3.63) is 36.1 Å². The number of benzene rings is 1. The van der Waals surface area contributed by atoms with Crippen LogP contribution in [0, 0.1) is 5.41 Å². The number of carbonyl (C=O) groups is 1. The maximum atomic E-state index is 12.6. The number of nitrogens with zero attached hydrogens (tertiary/aromatic N) is 1. The van der Waals surface area contributed by atoms with E-state index in [9.17, 15) is 4.79 Å². The molecule has 0 saturated carbocycles. The van der Waals surface area contributed by atoms with E-state index >= 15 is 0 Å². The van der Waals surface area contributed by atoms with Crippen molar-refractivity contribution >= 4 is 29.3 Å². The van der Waals surface area contributed by atoms with Crippen molar-refractivity contribution in [3.8, 4) is 0 Å². The van der Waals surface area contributed by atoms with Gasteiger partial charge >= 0.3 is 0 Å². The average molecular weight is 295 g/mol. The largest absolute Gasteiger partial charge is 0.463 e. The van der Waals surface area contributed by atoms with Crippen molar-refractivity contribution in [2.75, 3.05) is 19.6 Å². The Morgan fingerprint density at radius 2 is 2.20 bits per heavy atom. The highest BCUT2D eigenvalue weighted by Crippen LogP contribution is 2.31. The van der Waals surface area contributed by atoms with Crippen molar-refractivity contribution < 1.29 is 9.21 Å². The van der Waals surface area contributed by atoms with Gasteiger partial charge in [0.05, 0.1) is 5.56 Å². The van der Waals surface area contributed by atoms with E-state index in [4.69, 9.17) is 10.2 Å². The molecule has 3 rings (SSSR count). The molecule has 4 nitrogen and oxygen atoms in total. The van der Waals surface area contributed by atoms with Gasteiger partial charge in [-0.1, -0.05) is 25.1 Å². The zero-order chi connectivity index (χ0) is 13.5. The smallest absolute Gasteiger partial charge is 0.257 e. The molecule has 2 heterocycles. The number of likely N-dealkylation sites (tertiary alicyclic amines) is 1. The number of para-hydroxylation sites is 1. The third-order valence-corrected chi connectivity index (χ3v) is 4.05. The van der Waals surface area contributed by atoms with Crippen molar-refractivity contribution in [2.45, 2.75) is 13.3 Å². The third-order valence-electron chi connectivity index (χ3n) is 4.05. The Balaban J connectivity index is 0.00000147. The summed E-state index contributed by atoms with van der Waals surface area (Å²) >= 11 is 0. The van der Waals surface area contributed by atoms with Crippen LogP contribution in [0.5, 0.6) is 0 Å². The van der Waals surface area contributed by atoms with Gasteiger partial charge in [0, 0.05) is 18.5 Å². The van der Waals surface area contributed by atoms with Crippen LogP contribution in [-0.2, 0) is 0 Å². The fourth-order valence-electron chi connectivity index (χ4n) is 2.68. The van der Waals surface area contributed by atoms with E-state index in [1.807, 2.05) is 29.2 Å². The lowest BCUT2D eigenvalue weighted by atomic mass is 9.90. The SMILES string of the molecule is CC1(CN)CCN(C(=O)c2coc3ccccc23)C1.Cl. The van der Waals surface area contributed by atoms with Crippen LogP contribution in [0.25, 0.3) is 11.0 Å². The summed E-state index contributed by atoms with van der Waals surface area (Å²) in [5.74, 6) is 0.0436. The highest BCUT2D eigenvalue weighted by molar-refractivity contribution is 6.06. The highest BCUT2D eigenvalue weighted by Gasteiger charge is 2.35. The van der Waals surface area contributed by atoms with Crippen molar-refractivity contribution in [1.29, 1.82) is 0 Å². The molecule has 1 amide bonds. The Kier molecular flexibility index (Phi) is 4.06. The van der Waals surface area contributed by atoms with E-state index in [1.165, 1.54) is 0 Å². The number of hydrogen-bond acceptors (Lipinski definition) is 3. The van der Waals surface area contributed by atoms with Gasteiger partial charge in [-0.05, 0) is 24.4 Å². The first-order valence-electron chi connectivity index (χ1n) is 6.58. The zero-order valence-corrected chi connectivity index (χ0v) is 12.3. The van der Waals surface area contributed by atoms with Crippen LogP contribution in [0.15, 0.2) is 34.9 Å². The molecule has 108 valence electrons. The lowest BCUT2D eigenvalue weighted by Gasteiger charge is -2.22. The second-order valence-corrected chi connectivity index (χ2v) is 5.64. The first-order valence-corrected chi connectivity index (χ1v) is 6.58. The van der Waals surface area contributed by atoms with Crippen LogP contribution >= 0.6 is 12.4 Å². The second kappa shape index (κ2) is 5.46. The monoisotopic (exact) mass is 294 g/mol. The topological polar surface area (TPSA) is 59.5 Å². The minimum atomic E-state index is 0. The van der Waals surface area contributed by atoms with E-state index in [0.717, 1.165) is 30.5 Å². The molecule has 1 fully saturated rings. The summed E-state index contributed by atoms with van der Waals surface area (Å²) in [6.45, 7) is 4.24. The van der Waals surface area contributed by atoms with E-state index in [1.54, 1.807) is 6.26 Å². The summed E-state index contributed by atoms with van der Waals surface area (Å²) in [5, 5.41) is 0.883. The van der Waals surface area contributed by atoms with Gasteiger partial charge in [0.25, 0.3) is 5.91 Å². The maximum absolute atomic E-state index is 12.6. The quantitative estimate of drug-likeness (QED) is 0.926. The summed E-state index contributed by atoms with van der Waals surface area (Å²) in [6, 6.07) is 7.62. The van der Waals surface area contributed by atoms with Gasteiger partial charge in [-0.15, -0.1) is 12.4 Å². The zero-order valence-electron chi connectivity index (χ0n) is 11.5. The minimum Gasteiger partial charge on any atom is -0.463 e. The summed E-state index contributed by atoms with van der Waals surface area (Å²) in [6.07, 6.45) is 2.52. The Morgan fingerprint density at radius 1 is 1.45 bits per heavy atom. The molecule has 2 N–H and O–H groups in total. The normalized spacial score (nSPS) is 22.0. The van der Waals surface area contributed by atoms with Crippen molar-refractivity contribution in [3.63, 3.8) is 0 Å². The van der Waals surface area contributed by atoms with Crippen LogP contribution in [0.1, 0.15) is 23.7 Å². The van der Waals surface area contributed by atoms with Gasteiger partial charge < -0.3 is 15.1 Å². The van der Waals surface area contributed by atoms with Crippen molar-refractivity contribution in [2.24, 2.45) is 11.1 Å². The number of furan rings is 1. The Hall–Kier alpha value is -1.52. The number of carbonyl (C=O) groups excluding carboxylic acids is 1. The molecule has 0 spiro atoms. The molecule has 5 heteroatoms. The van der Waals surface area contributed by atoms with Gasteiger partial charge in [0.2, 0.25) is 0 Å². The lowest BCUT2D eigenvalue weighted by Crippen LogP contribution is -2.34. The van der Waals surface area contributed by atoms with Crippen molar-refractivity contribution in [1.82, 2.24) is 4.90 Å². The van der Waals surface area contributed by atoms with E-state index in [-0.39, 0.29) is 23.7 Å². The Labute approximate surface area is 124 Å². The molecule has 0 bridgehead atoms. The molecule has 1 aromatic carbocycles. The molecule has 1 aliphatic rings. The highest BCUT2D eigenvalue weighted by atomic mass is 35.5. The Bertz CT molecular complexity index is 625. The summed E-state index contributed by atoms with van der Waals surface area (Å²) in [5.41, 5.74) is 7.24. The molecule has 1 atom stereocenters. The molecule has 1 aliphatic heterocycles. The van der Waals surface area contributed by atoms with E-state index in [0.29, 0.717) is 12.1 Å². The van der Waals surface area contributed by atoms with E-state index < -0.39 is 0 Å². The molecule has 1 aromatic heterocycles. The minimum absolute atomic E-state index is 0. The molecule has 20 heavy (non-hydrogen) atoms. The molecule has 0 aliphatic carbocycles.